The summed E-state index contributed by atoms with van der Waals surface area (Å²) < 4.78 is 4.70. The molecule has 166 valence electrons. The van der Waals surface area contributed by atoms with E-state index >= 15 is 0 Å². The van der Waals surface area contributed by atoms with Gasteiger partial charge in [0.25, 0.3) is 6.47 Å². The van der Waals surface area contributed by atoms with Crippen molar-refractivity contribution in [2.75, 3.05) is 6.61 Å². The summed E-state index contributed by atoms with van der Waals surface area (Å²) in [5, 5.41) is 0. The van der Waals surface area contributed by atoms with E-state index in [1.807, 2.05) is 0 Å². The lowest BCUT2D eigenvalue weighted by atomic mass is 10.0. The molecule has 0 heterocycles. The van der Waals surface area contributed by atoms with Gasteiger partial charge in [-0.1, -0.05) is 122 Å². The SMILES string of the molecule is CCCCCCC=CCCCCCCCCCCCCCCCCCOC=O. The Kier molecular flexibility index (Phi) is 25.5. The van der Waals surface area contributed by atoms with E-state index in [0.29, 0.717) is 13.1 Å². The molecule has 2 heteroatoms. The van der Waals surface area contributed by atoms with E-state index in [4.69, 9.17) is 4.74 Å². The lowest BCUT2D eigenvalue weighted by Crippen LogP contribution is -1.91. The number of carbonyl (C=O) groups is 1. The minimum atomic E-state index is 0.551. The molecule has 2 nitrogen and oxygen atoms in total. The molecule has 0 spiro atoms. The Balaban J connectivity index is 3.03. The molecular formula is C26H50O2. The van der Waals surface area contributed by atoms with Gasteiger partial charge in [0.1, 0.15) is 0 Å². The average molecular weight is 395 g/mol. The van der Waals surface area contributed by atoms with Crippen molar-refractivity contribution in [3.8, 4) is 0 Å². The van der Waals surface area contributed by atoms with Crippen molar-refractivity contribution in [1.82, 2.24) is 0 Å². The fraction of sp³-hybridized carbons (Fsp3) is 0.885. The van der Waals surface area contributed by atoms with Gasteiger partial charge in [-0.2, -0.15) is 0 Å². The van der Waals surface area contributed by atoms with Gasteiger partial charge in [0.2, 0.25) is 0 Å². The van der Waals surface area contributed by atoms with Crippen molar-refractivity contribution in [1.29, 1.82) is 0 Å². The van der Waals surface area contributed by atoms with Crippen LogP contribution < -0.4 is 0 Å². The molecule has 0 saturated heterocycles. The molecule has 0 aromatic carbocycles. The van der Waals surface area contributed by atoms with Gasteiger partial charge in [-0.15, -0.1) is 0 Å². The quantitative estimate of drug-likeness (QED) is 0.0927. The highest BCUT2D eigenvalue weighted by Crippen LogP contribution is 2.14. The molecule has 0 aliphatic rings. The molecule has 0 atom stereocenters. The van der Waals surface area contributed by atoms with Crippen molar-refractivity contribution in [2.24, 2.45) is 0 Å². The molecule has 0 fully saturated rings. The van der Waals surface area contributed by atoms with Gasteiger partial charge in [0.15, 0.2) is 0 Å². The van der Waals surface area contributed by atoms with Gasteiger partial charge in [-0.3, -0.25) is 4.79 Å². The molecular weight excluding hydrogens is 344 g/mol. The van der Waals surface area contributed by atoms with E-state index < -0.39 is 0 Å². The van der Waals surface area contributed by atoms with Crippen LogP contribution in [0.5, 0.6) is 0 Å². The van der Waals surface area contributed by atoms with Crippen LogP contribution in [0.3, 0.4) is 0 Å². The van der Waals surface area contributed by atoms with E-state index in [0.717, 1.165) is 6.42 Å². The summed E-state index contributed by atoms with van der Waals surface area (Å²) in [6.07, 6.45) is 33.4. The third kappa shape index (κ3) is 25.2. The Morgan fingerprint density at radius 3 is 1.25 bits per heavy atom. The van der Waals surface area contributed by atoms with Crippen LogP contribution >= 0.6 is 0 Å². The zero-order valence-electron chi connectivity index (χ0n) is 19.1. The van der Waals surface area contributed by atoms with Gasteiger partial charge >= 0.3 is 0 Å². The number of ether oxygens (including phenoxy) is 1. The Morgan fingerprint density at radius 2 is 0.857 bits per heavy atom. The van der Waals surface area contributed by atoms with Gasteiger partial charge < -0.3 is 4.74 Å². The molecule has 0 saturated carbocycles. The minimum absolute atomic E-state index is 0.551. The first kappa shape index (κ1) is 27.2. The molecule has 28 heavy (non-hydrogen) atoms. The maximum absolute atomic E-state index is 10.0. The molecule has 0 amide bonds. The van der Waals surface area contributed by atoms with Crippen LogP contribution in [0.1, 0.15) is 142 Å². The summed E-state index contributed by atoms with van der Waals surface area (Å²) in [4.78, 5) is 10.0. The average Bonchev–Trinajstić information content (AvgIpc) is 2.71. The topological polar surface area (TPSA) is 26.3 Å². The molecule has 0 aliphatic heterocycles. The molecule has 0 aliphatic carbocycles. The summed E-state index contributed by atoms with van der Waals surface area (Å²) in [6, 6.07) is 0. The van der Waals surface area contributed by atoms with E-state index in [1.165, 1.54) is 128 Å². The van der Waals surface area contributed by atoms with E-state index in [9.17, 15) is 4.79 Å². The van der Waals surface area contributed by atoms with Gasteiger partial charge in [0, 0.05) is 0 Å². The van der Waals surface area contributed by atoms with Crippen LogP contribution in [0.2, 0.25) is 0 Å². The van der Waals surface area contributed by atoms with Gasteiger partial charge in [0.05, 0.1) is 6.61 Å². The van der Waals surface area contributed by atoms with Crippen LogP contribution in [-0.4, -0.2) is 13.1 Å². The number of allylic oxidation sites excluding steroid dienone is 2. The fourth-order valence-corrected chi connectivity index (χ4v) is 3.72. The van der Waals surface area contributed by atoms with Crippen molar-refractivity contribution >= 4 is 6.47 Å². The Labute approximate surface area is 176 Å². The van der Waals surface area contributed by atoms with E-state index in [2.05, 4.69) is 19.1 Å². The summed E-state index contributed by atoms with van der Waals surface area (Å²) in [6.45, 7) is 3.42. The first-order valence-corrected chi connectivity index (χ1v) is 12.6. The maximum atomic E-state index is 10.0. The smallest absolute Gasteiger partial charge is 0.293 e. The van der Waals surface area contributed by atoms with Crippen molar-refractivity contribution in [3.05, 3.63) is 12.2 Å². The summed E-state index contributed by atoms with van der Waals surface area (Å²) in [5.74, 6) is 0. The zero-order valence-corrected chi connectivity index (χ0v) is 19.1. The zero-order chi connectivity index (χ0) is 20.4. The van der Waals surface area contributed by atoms with Gasteiger partial charge in [-0.05, 0) is 32.1 Å². The predicted molar refractivity (Wildman–Crippen MR) is 124 cm³/mol. The normalized spacial score (nSPS) is 11.3. The Morgan fingerprint density at radius 1 is 0.500 bits per heavy atom. The highest BCUT2D eigenvalue weighted by molar-refractivity contribution is 5.36. The number of rotatable bonds is 24. The molecule has 0 aromatic heterocycles. The maximum Gasteiger partial charge on any atom is 0.293 e. The molecule has 0 unspecified atom stereocenters. The Bertz CT molecular complexity index is 312. The lowest BCUT2D eigenvalue weighted by molar-refractivity contribution is -0.128. The van der Waals surface area contributed by atoms with Crippen LogP contribution in [0.25, 0.3) is 0 Å². The monoisotopic (exact) mass is 394 g/mol. The van der Waals surface area contributed by atoms with E-state index in [1.54, 1.807) is 0 Å². The second-order valence-electron chi connectivity index (χ2n) is 8.38. The molecule has 0 aromatic rings. The third-order valence-electron chi connectivity index (χ3n) is 5.59. The molecule has 0 radical (unpaired) electrons. The highest BCUT2D eigenvalue weighted by atomic mass is 16.5. The highest BCUT2D eigenvalue weighted by Gasteiger charge is 1.95. The van der Waals surface area contributed by atoms with Crippen LogP contribution in [0, 0.1) is 0 Å². The third-order valence-corrected chi connectivity index (χ3v) is 5.59. The van der Waals surface area contributed by atoms with Crippen molar-refractivity contribution < 1.29 is 9.53 Å². The number of carbonyl (C=O) groups excluding carboxylic acids is 1. The second kappa shape index (κ2) is 26.2. The molecule has 0 bridgehead atoms. The largest absolute Gasteiger partial charge is 0.468 e. The number of unbranched alkanes of at least 4 members (excludes halogenated alkanes) is 19. The second-order valence-corrected chi connectivity index (χ2v) is 8.38. The fourth-order valence-electron chi connectivity index (χ4n) is 3.72. The first-order chi connectivity index (χ1) is 13.9. The van der Waals surface area contributed by atoms with Crippen LogP contribution in [0.4, 0.5) is 0 Å². The van der Waals surface area contributed by atoms with E-state index in [-0.39, 0.29) is 0 Å². The summed E-state index contributed by atoms with van der Waals surface area (Å²) in [7, 11) is 0. The standard InChI is InChI=1S/C26H50O2/c1-2-3-4-5-6-7-8-9-10-11-12-13-14-15-16-17-18-19-20-21-22-23-24-25-28-26-27/h7-8,26H,2-6,9-25H2,1H3. The minimum Gasteiger partial charge on any atom is -0.468 e. The lowest BCUT2D eigenvalue weighted by Gasteiger charge is -2.03. The van der Waals surface area contributed by atoms with Crippen LogP contribution in [0.15, 0.2) is 12.2 Å². The summed E-state index contributed by atoms with van der Waals surface area (Å²) in [5.41, 5.74) is 0. The predicted octanol–water partition coefficient (Wildman–Crippen LogP) is 8.93. The molecule has 0 rings (SSSR count). The van der Waals surface area contributed by atoms with Crippen LogP contribution in [-0.2, 0) is 9.53 Å². The first-order valence-electron chi connectivity index (χ1n) is 12.6. The van der Waals surface area contributed by atoms with Crippen molar-refractivity contribution in [2.45, 2.75) is 142 Å². The number of hydrogen-bond acceptors (Lipinski definition) is 2. The summed E-state index contributed by atoms with van der Waals surface area (Å²) >= 11 is 0. The van der Waals surface area contributed by atoms with Gasteiger partial charge in [-0.25, -0.2) is 0 Å². The Hall–Kier alpha value is -0.790. The molecule has 0 N–H and O–H groups in total. The van der Waals surface area contributed by atoms with Crippen molar-refractivity contribution in [3.63, 3.8) is 0 Å². The number of hydrogen-bond donors (Lipinski definition) is 0.